The van der Waals surface area contributed by atoms with Crippen LogP contribution >= 0.6 is 11.3 Å². The van der Waals surface area contributed by atoms with Crippen LogP contribution in [0.4, 0.5) is 15.6 Å². The van der Waals surface area contributed by atoms with Crippen LogP contribution in [0.25, 0.3) is 0 Å². The maximum Gasteiger partial charge on any atom is 0.325 e. The molecule has 0 spiro atoms. The molecule has 0 saturated carbocycles. The molecule has 1 aromatic heterocycles. The Bertz CT molecular complexity index is 972. The molecule has 2 aromatic carbocycles. The lowest BCUT2D eigenvalue weighted by molar-refractivity contribution is 0.243. The summed E-state index contributed by atoms with van der Waals surface area (Å²) in [7, 11) is 1.57. The SMILES string of the molecule is COc1ccccc1NC(=O)Nc1nc(CN2CCc3ccccc3C2)cs1. The first kappa shape index (κ1) is 18.5. The van der Waals surface area contributed by atoms with E-state index in [-0.39, 0.29) is 6.03 Å². The molecule has 144 valence electrons. The smallest absolute Gasteiger partial charge is 0.325 e. The number of thiazole rings is 1. The zero-order valence-corrected chi connectivity index (χ0v) is 16.5. The third-order valence-electron chi connectivity index (χ3n) is 4.72. The molecule has 0 atom stereocenters. The second-order valence-corrected chi connectivity index (χ2v) is 7.51. The Morgan fingerprint density at radius 2 is 1.93 bits per heavy atom. The number of aromatic nitrogens is 1. The van der Waals surface area contributed by atoms with E-state index >= 15 is 0 Å². The van der Waals surface area contributed by atoms with Crippen LogP contribution in [0, 0.1) is 0 Å². The van der Waals surface area contributed by atoms with Crippen molar-refractivity contribution in [2.24, 2.45) is 0 Å². The summed E-state index contributed by atoms with van der Waals surface area (Å²) < 4.78 is 5.25. The van der Waals surface area contributed by atoms with E-state index in [2.05, 4.69) is 44.8 Å². The number of hydrogen-bond acceptors (Lipinski definition) is 5. The molecule has 28 heavy (non-hydrogen) atoms. The molecule has 6 nitrogen and oxygen atoms in total. The summed E-state index contributed by atoms with van der Waals surface area (Å²) in [6.45, 7) is 2.73. The number of para-hydroxylation sites is 2. The van der Waals surface area contributed by atoms with E-state index in [1.807, 2.05) is 17.5 Å². The molecule has 7 heteroatoms. The summed E-state index contributed by atoms with van der Waals surface area (Å²) in [5, 5.41) is 8.17. The van der Waals surface area contributed by atoms with Crippen LogP contribution < -0.4 is 15.4 Å². The lowest BCUT2D eigenvalue weighted by atomic mass is 10.00. The fourth-order valence-corrected chi connectivity index (χ4v) is 4.05. The summed E-state index contributed by atoms with van der Waals surface area (Å²) in [5.41, 5.74) is 4.41. The first-order chi connectivity index (χ1) is 13.7. The second kappa shape index (κ2) is 8.41. The van der Waals surface area contributed by atoms with Crippen LogP contribution in [0.15, 0.2) is 53.9 Å². The van der Waals surface area contributed by atoms with Crippen molar-refractivity contribution < 1.29 is 9.53 Å². The summed E-state index contributed by atoms with van der Waals surface area (Å²) in [6.07, 6.45) is 1.06. The van der Waals surface area contributed by atoms with Gasteiger partial charge in [-0.25, -0.2) is 9.78 Å². The fourth-order valence-electron chi connectivity index (χ4n) is 3.35. The van der Waals surface area contributed by atoms with E-state index in [0.29, 0.717) is 16.6 Å². The van der Waals surface area contributed by atoms with Gasteiger partial charge in [-0.05, 0) is 29.7 Å². The minimum atomic E-state index is -0.336. The van der Waals surface area contributed by atoms with Gasteiger partial charge in [-0.3, -0.25) is 10.2 Å². The molecule has 4 rings (SSSR count). The predicted octanol–water partition coefficient (Wildman–Crippen LogP) is 4.35. The number of carbonyl (C=O) groups is 1. The third-order valence-corrected chi connectivity index (χ3v) is 5.53. The number of ether oxygens (including phenoxy) is 1. The third kappa shape index (κ3) is 4.32. The predicted molar refractivity (Wildman–Crippen MR) is 112 cm³/mol. The molecule has 2 heterocycles. The molecule has 0 aliphatic carbocycles. The molecule has 0 saturated heterocycles. The molecule has 1 aliphatic rings. The number of nitrogens with zero attached hydrogens (tertiary/aromatic N) is 2. The number of urea groups is 1. The Kier molecular flexibility index (Phi) is 5.55. The minimum Gasteiger partial charge on any atom is -0.495 e. The van der Waals surface area contributed by atoms with Crippen molar-refractivity contribution in [2.75, 3.05) is 24.3 Å². The number of fused-ring (bicyclic) bond motifs is 1. The highest BCUT2D eigenvalue weighted by atomic mass is 32.1. The largest absolute Gasteiger partial charge is 0.495 e. The van der Waals surface area contributed by atoms with Crippen LogP contribution in [0.2, 0.25) is 0 Å². The molecule has 0 bridgehead atoms. The van der Waals surface area contributed by atoms with Gasteiger partial charge in [-0.2, -0.15) is 0 Å². The van der Waals surface area contributed by atoms with E-state index in [1.165, 1.54) is 22.5 Å². The molecule has 0 radical (unpaired) electrons. The highest BCUT2D eigenvalue weighted by Gasteiger charge is 2.17. The molecule has 0 fully saturated rings. The fraction of sp³-hybridized carbons (Fsp3) is 0.238. The van der Waals surface area contributed by atoms with Gasteiger partial charge in [0, 0.05) is 25.0 Å². The van der Waals surface area contributed by atoms with Crippen molar-refractivity contribution in [1.29, 1.82) is 0 Å². The number of amides is 2. The van der Waals surface area contributed by atoms with Crippen molar-refractivity contribution >= 4 is 28.2 Å². The zero-order chi connectivity index (χ0) is 19.3. The van der Waals surface area contributed by atoms with Gasteiger partial charge in [0.15, 0.2) is 5.13 Å². The standard InChI is InChI=1S/C21H22N4O2S/c1-27-19-9-5-4-8-18(19)23-20(26)24-21-22-17(14-28-21)13-25-11-10-15-6-2-3-7-16(15)12-25/h2-9,14H,10-13H2,1H3,(H2,22,23,24,26). The van der Waals surface area contributed by atoms with Crippen molar-refractivity contribution in [3.63, 3.8) is 0 Å². The summed E-state index contributed by atoms with van der Waals surface area (Å²) in [4.78, 5) is 19.2. The van der Waals surface area contributed by atoms with E-state index in [0.717, 1.165) is 31.7 Å². The van der Waals surface area contributed by atoms with E-state index in [9.17, 15) is 4.79 Å². The number of carbonyl (C=O) groups excluding carboxylic acids is 1. The first-order valence-electron chi connectivity index (χ1n) is 9.16. The van der Waals surface area contributed by atoms with Crippen LogP contribution in [-0.4, -0.2) is 29.6 Å². The average Bonchev–Trinajstić information content (AvgIpc) is 3.14. The van der Waals surface area contributed by atoms with Crippen LogP contribution in [-0.2, 0) is 19.5 Å². The Morgan fingerprint density at radius 3 is 2.79 bits per heavy atom. The summed E-state index contributed by atoms with van der Waals surface area (Å²) in [5.74, 6) is 0.614. The van der Waals surface area contributed by atoms with Gasteiger partial charge in [0.1, 0.15) is 5.75 Å². The number of hydrogen-bond donors (Lipinski definition) is 2. The highest BCUT2D eigenvalue weighted by Crippen LogP contribution is 2.24. The van der Waals surface area contributed by atoms with Gasteiger partial charge in [0.05, 0.1) is 18.5 Å². The van der Waals surface area contributed by atoms with Crippen molar-refractivity contribution in [1.82, 2.24) is 9.88 Å². The van der Waals surface area contributed by atoms with Crippen LogP contribution in [0.3, 0.4) is 0 Å². The minimum absolute atomic E-state index is 0.336. The van der Waals surface area contributed by atoms with E-state index in [1.54, 1.807) is 19.2 Å². The van der Waals surface area contributed by atoms with Gasteiger partial charge in [-0.15, -0.1) is 11.3 Å². The van der Waals surface area contributed by atoms with Crippen molar-refractivity contribution in [3.05, 3.63) is 70.7 Å². The molecule has 1 aliphatic heterocycles. The maximum absolute atomic E-state index is 12.3. The van der Waals surface area contributed by atoms with Crippen molar-refractivity contribution in [2.45, 2.75) is 19.5 Å². The number of methoxy groups -OCH3 is 1. The molecule has 3 aromatic rings. The molecule has 2 amide bonds. The topological polar surface area (TPSA) is 66.5 Å². The van der Waals surface area contributed by atoms with Crippen LogP contribution in [0.1, 0.15) is 16.8 Å². The zero-order valence-electron chi connectivity index (χ0n) is 15.6. The number of nitrogens with one attached hydrogen (secondary N) is 2. The van der Waals surface area contributed by atoms with E-state index < -0.39 is 0 Å². The lowest BCUT2D eigenvalue weighted by Gasteiger charge is -2.27. The monoisotopic (exact) mass is 394 g/mol. The van der Waals surface area contributed by atoms with Gasteiger partial charge in [-0.1, -0.05) is 36.4 Å². The average molecular weight is 395 g/mol. The highest BCUT2D eigenvalue weighted by molar-refractivity contribution is 7.13. The normalized spacial score (nSPS) is 13.6. The van der Waals surface area contributed by atoms with Gasteiger partial charge in [0.2, 0.25) is 0 Å². The molecule has 2 N–H and O–H groups in total. The summed E-state index contributed by atoms with van der Waals surface area (Å²) >= 11 is 1.43. The molecular weight excluding hydrogens is 372 g/mol. The first-order valence-corrected chi connectivity index (χ1v) is 10.0. The van der Waals surface area contributed by atoms with Gasteiger partial charge in [0.25, 0.3) is 0 Å². The second-order valence-electron chi connectivity index (χ2n) is 6.65. The van der Waals surface area contributed by atoms with Crippen LogP contribution in [0.5, 0.6) is 5.75 Å². The Balaban J connectivity index is 1.34. The molecular formula is C21H22N4O2S. The Morgan fingerprint density at radius 1 is 1.14 bits per heavy atom. The quantitative estimate of drug-likeness (QED) is 0.675. The summed E-state index contributed by atoms with van der Waals surface area (Å²) in [6, 6.07) is 15.5. The number of benzene rings is 2. The number of anilines is 2. The van der Waals surface area contributed by atoms with Gasteiger partial charge >= 0.3 is 6.03 Å². The molecule has 0 unspecified atom stereocenters. The Hall–Kier alpha value is -2.90. The number of rotatable bonds is 5. The van der Waals surface area contributed by atoms with Gasteiger partial charge < -0.3 is 10.1 Å². The van der Waals surface area contributed by atoms with Crippen molar-refractivity contribution in [3.8, 4) is 5.75 Å². The van der Waals surface area contributed by atoms with E-state index in [4.69, 9.17) is 4.74 Å². The Labute approximate surface area is 168 Å². The maximum atomic E-state index is 12.3. The lowest BCUT2D eigenvalue weighted by Crippen LogP contribution is -2.30.